The maximum absolute atomic E-state index is 9.86. The molecule has 0 amide bonds. The number of aliphatic hydroxyl groups is 1. The van der Waals surface area contributed by atoms with Crippen molar-refractivity contribution in [1.29, 1.82) is 0 Å². The average Bonchev–Trinajstić information content (AvgIpc) is 3.40. The summed E-state index contributed by atoms with van der Waals surface area (Å²) in [5, 5.41) is 9.86. The maximum atomic E-state index is 9.86. The minimum atomic E-state index is -0.228. The van der Waals surface area contributed by atoms with Crippen molar-refractivity contribution in [2.45, 2.75) is 37.7 Å². The zero-order valence-corrected chi connectivity index (χ0v) is 12.7. The van der Waals surface area contributed by atoms with E-state index in [9.17, 15) is 5.11 Å². The van der Waals surface area contributed by atoms with Gasteiger partial charge in [0.25, 0.3) is 0 Å². The standard InChI is InChI=1S/C18H21N3O/c22-17-2-1-7-21(12-17)16-8-15(10-19-11-16)18-9-14(5-6-20-18)13-3-4-13/h5-6,8-11,13,17,22H,1-4,7,12H2/t17-/m1/s1. The summed E-state index contributed by atoms with van der Waals surface area (Å²) in [6.45, 7) is 1.68. The highest BCUT2D eigenvalue weighted by Crippen LogP contribution is 2.40. The van der Waals surface area contributed by atoms with Crippen LogP contribution < -0.4 is 4.90 Å². The largest absolute Gasteiger partial charge is 0.391 e. The Kier molecular flexibility index (Phi) is 3.54. The van der Waals surface area contributed by atoms with E-state index in [0.717, 1.165) is 42.2 Å². The number of hydrogen-bond donors (Lipinski definition) is 1. The molecular weight excluding hydrogens is 274 g/mol. The zero-order chi connectivity index (χ0) is 14.9. The number of hydrogen-bond acceptors (Lipinski definition) is 4. The second-order valence-electron chi connectivity index (χ2n) is 6.42. The molecule has 114 valence electrons. The summed E-state index contributed by atoms with van der Waals surface area (Å²) in [6.07, 6.45) is 9.96. The Morgan fingerprint density at radius 1 is 1.14 bits per heavy atom. The first kappa shape index (κ1) is 13.7. The Balaban J connectivity index is 1.62. The van der Waals surface area contributed by atoms with Crippen molar-refractivity contribution in [3.8, 4) is 11.3 Å². The molecule has 1 atom stereocenters. The molecule has 1 saturated carbocycles. The van der Waals surface area contributed by atoms with Crippen LogP contribution in [0.15, 0.2) is 36.8 Å². The molecule has 1 saturated heterocycles. The van der Waals surface area contributed by atoms with Gasteiger partial charge in [-0.05, 0) is 55.4 Å². The molecule has 1 aliphatic heterocycles. The average molecular weight is 295 g/mol. The molecule has 4 heteroatoms. The van der Waals surface area contributed by atoms with Crippen LogP contribution in [0.2, 0.25) is 0 Å². The van der Waals surface area contributed by atoms with E-state index in [-0.39, 0.29) is 6.10 Å². The molecule has 2 aliphatic rings. The number of β-amino-alcohol motifs (C(OH)–C–C–N with tert-alkyl or cyclic N) is 1. The van der Waals surface area contributed by atoms with Crippen LogP contribution in [0.25, 0.3) is 11.3 Å². The van der Waals surface area contributed by atoms with E-state index in [1.54, 1.807) is 0 Å². The van der Waals surface area contributed by atoms with Crippen LogP contribution in [-0.4, -0.2) is 34.3 Å². The van der Waals surface area contributed by atoms with E-state index in [2.05, 4.69) is 33.1 Å². The number of nitrogens with zero attached hydrogens (tertiary/aromatic N) is 3. The fourth-order valence-corrected chi connectivity index (χ4v) is 3.21. The van der Waals surface area contributed by atoms with Crippen LogP contribution in [0, 0.1) is 0 Å². The van der Waals surface area contributed by atoms with Crippen molar-refractivity contribution in [1.82, 2.24) is 9.97 Å². The van der Waals surface area contributed by atoms with Crippen LogP contribution >= 0.6 is 0 Å². The third-order valence-electron chi connectivity index (χ3n) is 4.61. The molecule has 0 spiro atoms. The zero-order valence-electron chi connectivity index (χ0n) is 12.7. The summed E-state index contributed by atoms with van der Waals surface area (Å²) < 4.78 is 0. The lowest BCUT2D eigenvalue weighted by Gasteiger charge is -2.31. The second kappa shape index (κ2) is 5.69. The first-order valence-corrected chi connectivity index (χ1v) is 8.14. The van der Waals surface area contributed by atoms with Gasteiger partial charge in [-0.3, -0.25) is 9.97 Å². The van der Waals surface area contributed by atoms with Crippen molar-refractivity contribution in [2.24, 2.45) is 0 Å². The summed E-state index contributed by atoms with van der Waals surface area (Å²) in [5.74, 6) is 0.732. The number of rotatable bonds is 3. The molecular formula is C18H21N3O. The van der Waals surface area contributed by atoms with Gasteiger partial charge in [-0.2, -0.15) is 0 Å². The third kappa shape index (κ3) is 2.83. The second-order valence-corrected chi connectivity index (χ2v) is 6.42. The van der Waals surface area contributed by atoms with Crippen LogP contribution in [0.4, 0.5) is 5.69 Å². The maximum Gasteiger partial charge on any atom is 0.0721 e. The minimum Gasteiger partial charge on any atom is -0.391 e. The predicted molar refractivity (Wildman–Crippen MR) is 86.9 cm³/mol. The third-order valence-corrected chi connectivity index (χ3v) is 4.61. The Morgan fingerprint density at radius 2 is 2.05 bits per heavy atom. The Morgan fingerprint density at radius 3 is 2.86 bits per heavy atom. The molecule has 4 nitrogen and oxygen atoms in total. The van der Waals surface area contributed by atoms with E-state index in [0.29, 0.717) is 6.54 Å². The Hall–Kier alpha value is -1.94. The van der Waals surface area contributed by atoms with Crippen molar-refractivity contribution >= 4 is 5.69 Å². The van der Waals surface area contributed by atoms with Crippen molar-refractivity contribution in [3.63, 3.8) is 0 Å². The van der Waals surface area contributed by atoms with E-state index >= 15 is 0 Å². The van der Waals surface area contributed by atoms with Gasteiger partial charge in [0.1, 0.15) is 0 Å². The molecule has 2 aromatic rings. The summed E-state index contributed by atoms with van der Waals surface area (Å²) in [7, 11) is 0. The van der Waals surface area contributed by atoms with Gasteiger partial charge in [-0.15, -0.1) is 0 Å². The van der Waals surface area contributed by atoms with E-state index in [4.69, 9.17) is 0 Å². The highest BCUT2D eigenvalue weighted by molar-refractivity contribution is 5.64. The quantitative estimate of drug-likeness (QED) is 0.945. The van der Waals surface area contributed by atoms with Crippen molar-refractivity contribution in [2.75, 3.05) is 18.0 Å². The molecule has 1 aliphatic carbocycles. The fraction of sp³-hybridized carbons (Fsp3) is 0.444. The highest BCUT2D eigenvalue weighted by Gasteiger charge is 2.24. The van der Waals surface area contributed by atoms with Gasteiger partial charge in [0.2, 0.25) is 0 Å². The molecule has 1 N–H and O–H groups in total. The van der Waals surface area contributed by atoms with Gasteiger partial charge < -0.3 is 10.0 Å². The minimum absolute atomic E-state index is 0.228. The van der Waals surface area contributed by atoms with Crippen molar-refractivity contribution < 1.29 is 5.11 Å². The lowest BCUT2D eigenvalue weighted by atomic mass is 10.1. The van der Waals surface area contributed by atoms with Crippen LogP contribution in [0.3, 0.4) is 0 Å². The summed E-state index contributed by atoms with van der Waals surface area (Å²) in [4.78, 5) is 11.1. The number of aromatic nitrogens is 2. The van der Waals surface area contributed by atoms with Crippen LogP contribution in [0.1, 0.15) is 37.2 Å². The lowest BCUT2D eigenvalue weighted by molar-refractivity contribution is 0.154. The molecule has 0 aromatic carbocycles. The number of aliphatic hydroxyl groups excluding tert-OH is 1. The molecule has 4 rings (SSSR count). The van der Waals surface area contributed by atoms with E-state index in [1.807, 2.05) is 18.6 Å². The summed E-state index contributed by atoms with van der Waals surface area (Å²) in [6, 6.07) is 6.47. The summed E-state index contributed by atoms with van der Waals surface area (Å²) >= 11 is 0. The molecule has 0 unspecified atom stereocenters. The Labute approximate surface area is 130 Å². The van der Waals surface area contributed by atoms with Gasteiger partial charge >= 0.3 is 0 Å². The van der Waals surface area contributed by atoms with Gasteiger partial charge in [0.05, 0.1) is 23.7 Å². The summed E-state index contributed by atoms with van der Waals surface area (Å²) in [5.41, 5.74) is 4.52. The monoisotopic (exact) mass is 295 g/mol. The van der Waals surface area contributed by atoms with Crippen LogP contribution in [-0.2, 0) is 0 Å². The first-order chi connectivity index (χ1) is 10.8. The van der Waals surface area contributed by atoms with Gasteiger partial charge in [0.15, 0.2) is 0 Å². The van der Waals surface area contributed by atoms with Gasteiger partial charge in [-0.1, -0.05) is 0 Å². The van der Waals surface area contributed by atoms with Gasteiger partial charge in [0, 0.05) is 31.0 Å². The lowest BCUT2D eigenvalue weighted by Crippen LogP contribution is -2.38. The molecule has 0 radical (unpaired) electrons. The Bertz CT molecular complexity index is 669. The molecule has 22 heavy (non-hydrogen) atoms. The topological polar surface area (TPSA) is 49.2 Å². The molecule has 2 aromatic heterocycles. The van der Waals surface area contributed by atoms with E-state index < -0.39 is 0 Å². The van der Waals surface area contributed by atoms with E-state index in [1.165, 1.54) is 18.4 Å². The predicted octanol–water partition coefficient (Wildman–Crippen LogP) is 2.98. The van der Waals surface area contributed by atoms with Crippen LogP contribution in [0.5, 0.6) is 0 Å². The molecule has 0 bridgehead atoms. The first-order valence-electron chi connectivity index (χ1n) is 8.14. The SMILES string of the molecule is O[C@@H]1CCCN(c2cncc(-c3cc(C4CC4)ccn3)c2)C1. The molecule has 3 heterocycles. The molecule has 2 fully saturated rings. The highest BCUT2D eigenvalue weighted by atomic mass is 16.3. The van der Waals surface area contributed by atoms with Crippen molar-refractivity contribution in [3.05, 3.63) is 42.4 Å². The number of piperidine rings is 1. The normalized spacial score (nSPS) is 21.9. The smallest absolute Gasteiger partial charge is 0.0721 e. The number of pyridine rings is 2. The number of anilines is 1. The van der Waals surface area contributed by atoms with Gasteiger partial charge in [-0.25, -0.2) is 0 Å². The fourth-order valence-electron chi connectivity index (χ4n) is 3.21.